The summed E-state index contributed by atoms with van der Waals surface area (Å²) in [6, 6.07) is -1.42. The van der Waals surface area contributed by atoms with Crippen molar-refractivity contribution < 1.29 is 29.0 Å². The van der Waals surface area contributed by atoms with Crippen LogP contribution in [0.2, 0.25) is 0 Å². The van der Waals surface area contributed by atoms with E-state index in [9.17, 15) is 19.5 Å². The van der Waals surface area contributed by atoms with Gasteiger partial charge in [0.2, 0.25) is 11.8 Å². The fraction of sp³-hybridized carbons (Fsp3) is 0.870. The minimum atomic E-state index is -1.05. The van der Waals surface area contributed by atoms with Crippen LogP contribution in [0, 0.1) is 17.8 Å². The topological polar surface area (TPSA) is 105 Å². The first-order chi connectivity index (χ1) is 14.8. The molecule has 0 aliphatic carbocycles. The number of aliphatic hydroxyl groups is 1. The molecule has 1 spiro atoms. The Labute approximate surface area is 185 Å². The van der Waals surface area contributed by atoms with Crippen LogP contribution in [-0.2, 0) is 23.9 Å². The highest BCUT2D eigenvalue weighted by Crippen LogP contribution is 2.59. The molecule has 3 saturated heterocycles. The maximum Gasteiger partial charge on any atom is 0.312 e. The molecule has 0 radical (unpaired) electrons. The van der Waals surface area contributed by atoms with Crippen molar-refractivity contribution in [2.75, 3.05) is 13.2 Å². The number of fused-ring (bicyclic) bond motifs is 1. The molecule has 2 bridgehead atoms. The van der Waals surface area contributed by atoms with Crippen molar-refractivity contribution >= 4 is 17.8 Å². The van der Waals surface area contributed by atoms with Gasteiger partial charge in [-0.05, 0) is 39.0 Å². The highest BCUT2D eigenvalue weighted by molar-refractivity contribution is 5.98. The summed E-state index contributed by atoms with van der Waals surface area (Å²) in [4.78, 5) is 41.7. The molecular formula is C23H38N2O6. The van der Waals surface area contributed by atoms with Gasteiger partial charge in [0.25, 0.3) is 0 Å². The smallest absolute Gasteiger partial charge is 0.312 e. The van der Waals surface area contributed by atoms with Gasteiger partial charge in [0.1, 0.15) is 11.6 Å². The monoisotopic (exact) mass is 438 g/mol. The molecule has 3 aliphatic rings. The van der Waals surface area contributed by atoms with Crippen molar-refractivity contribution in [3.63, 3.8) is 0 Å². The lowest BCUT2D eigenvalue weighted by Gasteiger charge is -2.39. The van der Waals surface area contributed by atoms with Crippen molar-refractivity contribution in [1.82, 2.24) is 10.2 Å². The van der Waals surface area contributed by atoms with Gasteiger partial charge in [-0.2, -0.15) is 0 Å². The molecule has 0 aromatic carbocycles. The fourth-order valence-electron chi connectivity index (χ4n) is 5.90. The summed E-state index contributed by atoms with van der Waals surface area (Å²) >= 11 is 0. The van der Waals surface area contributed by atoms with Crippen molar-refractivity contribution in [3.8, 4) is 0 Å². The van der Waals surface area contributed by atoms with Crippen LogP contribution in [0.15, 0.2) is 0 Å². The second-order valence-corrected chi connectivity index (χ2v) is 9.39. The molecule has 2 amide bonds. The number of aliphatic hydroxyl groups excluding tert-OH is 1. The van der Waals surface area contributed by atoms with Gasteiger partial charge in [0.05, 0.1) is 37.2 Å². The number of ether oxygens (including phenoxy) is 2. The third-order valence-electron chi connectivity index (χ3n) is 7.50. The minimum absolute atomic E-state index is 0.00853. The zero-order valence-corrected chi connectivity index (χ0v) is 19.4. The number of esters is 1. The van der Waals surface area contributed by atoms with Gasteiger partial charge < -0.3 is 24.8 Å². The number of carbonyl (C=O) groups is 3. The molecule has 8 heteroatoms. The van der Waals surface area contributed by atoms with E-state index < -0.39 is 41.6 Å². The maximum absolute atomic E-state index is 13.8. The Balaban J connectivity index is 2.03. The van der Waals surface area contributed by atoms with Gasteiger partial charge in [-0.25, -0.2) is 0 Å². The number of nitrogens with one attached hydrogen (secondary N) is 1. The fourth-order valence-corrected chi connectivity index (χ4v) is 5.90. The summed E-state index contributed by atoms with van der Waals surface area (Å²) in [5.74, 6) is -2.43. The van der Waals surface area contributed by atoms with E-state index in [1.54, 1.807) is 11.8 Å². The number of likely N-dealkylation sites (tertiary alicyclic amines) is 1. The summed E-state index contributed by atoms with van der Waals surface area (Å²) in [5, 5.41) is 13.3. The maximum atomic E-state index is 13.8. The quantitative estimate of drug-likeness (QED) is 0.503. The highest BCUT2D eigenvalue weighted by atomic mass is 16.6. The molecule has 3 fully saturated rings. The predicted molar refractivity (Wildman–Crippen MR) is 114 cm³/mol. The number of hydrogen-bond acceptors (Lipinski definition) is 6. The molecule has 3 heterocycles. The first-order valence-electron chi connectivity index (χ1n) is 11.8. The van der Waals surface area contributed by atoms with E-state index in [1.807, 2.05) is 20.8 Å². The van der Waals surface area contributed by atoms with Crippen LogP contribution in [-0.4, -0.2) is 70.8 Å². The lowest BCUT2D eigenvalue weighted by atomic mass is 9.70. The molecule has 176 valence electrons. The van der Waals surface area contributed by atoms with Gasteiger partial charge in [-0.1, -0.05) is 33.6 Å². The van der Waals surface area contributed by atoms with Crippen molar-refractivity contribution in [3.05, 3.63) is 0 Å². The number of amides is 2. The van der Waals surface area contributed by atoms with Crippen molar-refractivity contribution in [2.45, 2.75) is 96.6 Å². The molecule has 8 atom stereocenters. The van der Waals surface area contributed by atoms with Gasteiger partial charge in [-0.15, -0.1) is 0 Å². The summed E-state index contributed by atoms with van der Waals surface area (Å²) in [7, 11) is 0. The van der Waals surface area contributed by atoms with Gasteiger partial charge in [-0.3, -0.25) is 14.4 Å². The van der Waals surface area contributed by atoms with E-state index >= 15 is 0 Å². The van der Waals surface area contributed by atoms with E-state index in [4.69, 9.17) is 9.47 Å². The zero-order chi connectivity index (χ0) is 22.9. The zero-order valence-electron chi connectivity index (χ0n) is 19.4. The molecule has 8 nitrogen and oxygen atoms in total. The Bertz CT molecular complexity index is 700. The predicted octanol–water partition coefficient (Wildman–Crippen LogP) is 1.64. The largest absolute Gasteiger partial charge is 0.466 e. The number of hydrogen-bond donors (Lipinski definition) is 2. The van der Waals surface area contributed by atoms with E-state index in [2.05, 4.69) is 12.2 Å². The first-order valence-corrected chi connectivity index (χ1v) is 11.8. The van der Waals surface area contributed by atoms with Crippen LogP contribution < -0.4 is 5.32 Å². The van der Waals surface area contributed by atoms with Gasteiger partial charge in [0.15, 0.2) is 0 Å². The Morgan fingerprint density at radius 2 is 2.03 bits per heavy atom. The second-order valence-electron chi connectivity index (χ2n) is 9.39. The van der Waals surface area contributed by atoms with Crippen molar-refractivity contribution in [1.29, 1.82) is 0 Å². The minimum Gasteiger partial charge on any atom is -0.466 e. The first kappa shape index (κ1) is 24.0. The van der Waals surface area contributed by atoms with E-state index in [0.717, 1.165) is 19.3 Å². The summed E-state index contributed by atoms with van der Waals surface area (Å²) < 4.78 is 11.6. The Morgan fingerprint density at radius 3 is 2.61 bits per heavy atom. The molecular weight excluding hydrogens is 400 g/mol. The van der Waals surface area contributed by atoms with Crippen LogP contribution in [0.5, 0.6) is 0 Å². The summed E-state index contributed by atoms with van der Waals surface area (Å²) in [6.45, 7) is 9.68. The van der Waals surface area contributed by atoms with Gasteiger partial charge >= 0.3 is 5.97 Å². The third kappa shape index (κ3) is 3.86. The van der Waals surface area contributed by atoms with Gasteiger partial charge in [0, 0.05) is 6.04 Å². The Morgan fingerprint density at radius 1 is 1.32 bits per heavy atom. The van der Waals surface area contributed by atoms with Crippen LogP contribution in [0.3, 0.4) is 0 Å². The summed E-state index contributed by atoms with van der Waals surface area (Å²) in [6.07, 6.45) is 3.25. The number of rotatable bonds is 10. The van der Waals surface area contributed by atoms with Crippen molar-refractivity contribution in [2.24, 2.45) is 17.8 Å². The number of nitrogens with zero attached hydrogens (tertiary/aromatic N) is 1. The molecule has 3 aliphatic heterocycles. The highest BCUT2D eigenvalue weighted by Gasteiger charge is 2.75. The SMILES string of the molecule is CCCC(C)NC(=O)[C@@H]1N([C@@H](CO)[C@@H](C)CC)C(=O)[C@H]2[C@H](C(=O)OCC)[C@@H]3CC[C@]12O3. The molecule has 0 aromatic rings. The van der Waals surface area contributed by atoms with Crippen LogP contribution >= 0.6 is 0 Å². The third-order valence-corrected chi connectivity index (χ3v) is 7.50. The van der Waals surface area contributed by atoms with E-state index in [0.29, 0.717) is 12.8 Å². The average molecular weight is 439 g/mol. The number of carbonyl (C=O) groups excluding carboxylic acids is 3. The molecule has 31 heavy (non-hydrogen) atoms. The van der Waals surface area contributed by atoms with Crippen LogP contribution in [0.1, 0.15) is 66.7 Å². The molecule has 3 rings (SSSR count). The van der Waals surface area contributed by atoms with Crippen LogP contribution in [0.4, 0.5) is 0 Å². The lowest BCUT2D eigenvalue weighted by Crippen LogP contribution is -2.60. The summed E-state index contributed by atoms with van der Waals surface area (Å²) in [5.41, 5.74) is -1.05. The standard InChI is InChI=1S/C23H38N2O6/c1-6-9-14(5)24-20(27)19-23-11-10-16(31-23)17(22(29)30-8-3)18(23)21(28)25(19)15(12-26)13(4)7-2/h13-19,26H,6-12H2,1-5H3,(H,24,27)/t13-,14?,15-,16-,17+,18+,19-,23+/m0/s1. The van der Waals surface area contributed by atoms with E-state index in [-0.39, 0.29) is 37.0 Å². The Kier molecular flexibility index (Phi) is 7.31. The van der Waals surface area contributed by atoms with E-state index in [1.165, 1.54) is 0 Å². The molecule has 2 N–H and O–H groups in total. The normalized spacial score (nSPS) is 34.4. The lowest BCUT2D eigenvalue weighted by molar-refractivity contribution is -0.156. The Hall–Kier alpha value is -1.67. The molecule has 1 unspecified atom stereocenters. The average Bonchev–Trinajstić information content (AvgIpc) is 3.36. The van der Waals surface area contributed by atoms with Crippen LogP contribution in [0.25, 0.3) is 0 Å². The molecule has 0 saturated carbocycles. The second kappa shape index (κ2) is 9.45. The molecule has 0 aromatic heterocycles.